The quantitative estimate of drug-likeness (QED) is 0.681. The standard InChI is InChI=1S/C13H25N/c1-13(14)10-6-5-9-12(13)11-7-3-2-4-8-11/h11-12H,2-10,14H2,1H3. The Kier molecular flexibility index (Phi) is 3.16. The molecule has 2 aliphatic rings. The van der Waals surface area contributed by atoms with Crippen molar-refractivity contribution in [3.63, 3.8) is 0 Å². The van der Waals surface area contributed by atoms with E-state index in [2.05, 4.69) is 6.92 Å². The fourth-order valence-electron chi connectivity index (χ4n) is 3.70. The Morgan fingerprint density at radius 3 is 2.21 bits per heavy atom. The fraction of sp³-hybridized carbons (Fsp3) is 1.00. The summed E-state index contributed by atoms with van der Waals surface area (Å²) in [6.45, 7) is 2.30. The van der Waals surface area contributed by atoms with Gasteiger partial charge in [-0.15, -0.1) is 0 Å². The molecule has 0 spiro atoms. The van der Waals surface area contributed by atoms with Gasteiger partial charge in [-0.1, -0.05) is 44.9 Å². The third-order valence-electron chi connectivity index (χ3n) is 4.55. The van der Waals surface area contributed by atoms with Crippen LogP contribution in [0, 0.1) is 11.8 Å². The summed E-state index contributed by atoms with van der Waals surface area (Å²) in [6, 6.07) is 0. The molecule has 82 valence electrons. The van der Waals surface area contributed by atoms with Crippen LogP contribution in [0.2, 0.25) is 0 Å². The minimum absolute atomic E-state index is 0.153. The molecule has 0 aliphatic heterocycles. The van der Waals surface area contributed by atoms with Gasteiger partial charge in [0.1, 0.15) is 0 Å². The maximum atomic E-state index is 6.45. The number of nitrogens with two attached hydrogens (primary N) is 1. The van der Waals surface area contributed by atoms with Gasteiger partial charge in [-0.25, -0.2) is 0 Å². The summed E-state index contributed by atoms with van der Waals surface area (Å²) in [4.78, 5) is 0. The third kappa shape index (κ3) is 2.13. The van der Waals surface area contributed by atoms with E-state index in [1.54, 1.807) is 0 Å². The second kappa shape index (κ2) is 4.22. The van der Waals surface area contributed by atoms with Crippen molar-refractivity contribution < 1.29 is 0 Å². The highest BCUT2D eigenvalue weighted by molar-refractivity contribution is 4.94. The molecule has 2 N–H and O–H groups in total. The summed E-state index contributed by atoms with van der Waals surface area (Å²) in [7, 11) is 0. The van der Waals surface area contributed by atoms with E-state index in [1.165, 1.54) is 57.8 Å². The lowest BCUT2D eigenvalue weighted by molar-refractivity contribution is 0.112. The molecule has 0 bridgehead atoms. The van der Waals surface area contributed by atoms with E-state index in [4.69, 9.17) is 5.73 Å². The van der Waals surface area contributed by atoms with Gasteiger partial charge in [-0.05, 0) is 31.6 Å². The van der Waals surface area contributed by atoms with Gasteiger partial charge in [0, 0.05) is 5.54 Å². The minimum atomic E-state index is 0.153. The second-order valence-corrected chi connectivity index (χ2v) is 5.76. The molecule has 14 heavy (non-hydrogen) atoms. The van der Waals surface area contributed by atoms with Gasteiger partial charge in [-0.2, -0.15) is 0 Å². The van der Waals surface area contributed by atoms with Gasteiger partial charge < -0.3 is 5.73 Å². The molecule has 0 amide bonds. The van der Waals surface area contributed by atoms with Crippen LogP contribution >= 0.6 is 0 Å². The lowest BCUT2D eigenvalue weighted by Gasteiger charge is -2.44. The minimum Gasteiger partial charge on any atom is -0.325 e. The smallest absolute Gasteiger partial charge is 0.0156 e. The summed E-state index contributed by atoms with van der Waals surface area (Å²) >= 11 is 0. The Balaban J connectivity index is 1.99. The molecule has 2 unspecified atom stereocenters. The van der Waals surface area contributed by atoms with Crippen molar-refractivity contribution in [3.05, 3.63) is 0 Å². The van der Waals surface area contributed by atoms with Crippen LogP contribution in [-0.4, -0.2) is 5.54 Å². The first-order chi connectivity index (χ1) is 6.70. The van der Waals surface area contributed by atoms with Crippen LogP contribution in [0.5, 0.6) is 0 Å². The van der Waals surface area contributed by atoms with Gasteiger partial charge >= 0.3 is 0 Å². The average molecular weight is 195 g/mol. The van der Waals surface area contributed by atoms with Crippen LogP contribution in [0.25, 0.3) is 0 Å². The highest BCUT2D eigenvalue weighted by Gasteiger charge is 2.37. The first-order valence-corrected chi connectivity index (χ1v) is 6.49. The molecule has 0 aromatic carbocycles. The van der Waals surface area contributed by atoms with Crippen molar-refractivity contribution in [1.82, 2.24) is 0 Å². The molecule has 2 fully saturated rings. The van der Waals surface area contributed by atoms with E-state index >= 15 is 0 Å². The molecule has 0 radical (unpaired) electrons. The van der Waals surface area contributed by atoms with Crippen LogP contribution < -0.4 is 5.73 Å². The molecule has 2 atom stereocenters. The predicted octanol–water partition coefficient (Wildman–Crippen LogP) is 3.47. The van der Waals surface area contributed by atoms with Crippen molar-refractivity contribution in [1.29, 1.82) is 0 Å². The highest BCUT2D eigenvalue weighted by Crippen LogP contribution is 2.42. The maximum Gasteiger partial charge on any atom is 0.0156 e. The highest BCUT2D eigenvalue weighted by atomic mass is 14.8. The summed E-state index contributed by atoms with van der Waals surface area (Å²) in [5.41, 5.74) is 6.61. The largest absolute Gasteiger partial charge is 0.325 e. The van der Waals surface area contributed by atoms with Crippen LogP contribution in [0.15, 0.2) is 0 Å². The average Bonchev–Trinajstić information content (AvgIpc) is 2.18. The predicted molar refractivity (Wildman–Crippen MR) is 61.1 cm³/mol. The number of hydrogen-bond acceptors (Lipinski definition) is 1. The molecule has 2 rings (SSSR count). The zero-order valence-corrected chi connectivity index (χ0v) is 9.60. The summed E-state index contributed by atoms with van der Waals surface area (Å²) in [6.07, 6.45) is 12.7. The van der Waals surface area contributed by atoms with Crippen LogP contribution in [-0.2, 0) is 0 Å². The van der Waals surface area contributed by atoms with E-state index in [-0.39, 0.29) is 5.54 Å². The zero-order valence-electron chi connectivity index (χ0n) is 9.60. The monoisotopic (exact) mass is 195 g/mol. The normalized spacial score (nSPS) is 41.1. The first kappa shape index (κ1) is 10.5. The molecular formula is C13H25N. The van der Waals surface area contributed by atoms with Crippen molar-refractivity contribution >= 4 is 0 Å². The Morgan fingerprint density at radius 2 is 1.57 bits per heavy atom. The molecule has 0 saturated heterocycles. The molecule has 2 saturated carbocycles. The van der Waals surface area contributed by atoms with E-state index in [0.29, 0.717) is 0 Å². The number of rotatable bonds is 1. The Hall–Kier alpha value is -0.0400. The van der Waals surface area contributed by atoms with Crippen LogP contribution in [0.4, 0.5) is 0 Å². The van der Waals surface area contributed by atoms with Gasteiger partial charge in [0.05, 0.1) is 0 Å². The van der Waals surface area contributed by atoms with Crippen LogP contribution in [0.1, 0.15) is 64.7 Å². The first-order valence-electron chi connectivity index (χ1n) is 6.49. The number of hydrogen-bond donors (Lipinski definition) is 1. The molecule has 0 heterocycles. The van der Waals surface area contributed by atoms with E-state index in [1.807, 2.05) is 0 Å². The van der Waals surface area contributed by atoms with Crippen molar-refractivity contribution in [3.8, 4) is 0 Å². The van der Waals surface area contributed by atoms with Gasteiger partial charge in [0.15, 0.2) is 0 Å². The molecule has 2 aliphatic carbocycles. The topological polar surface area (TPSA) is 26.0 Å². The zero-order chi connectivity index (χ0) is 10.0. The second-order valence-electron chi connectivity index (χ2n) is 5.76. The van der Waals surface area contributed by atoms with Crippen molar-refractivity contribution in [2.75, 3.05) is 0 Å². The summed E-state index contributed by atoms with van der Waals surface area (Å²) in [5, 5.41) is 0. The van der Waals surface area contributed by atoms with Crippen molar-refractivity contribution in [2.45, 2.75) is 70.3 Å². The Morgan fingerprint density at radius 1 is 0.929 bits per heavy atom. The molecule has 1 nitrogen and oxygen atoms in total. The molecule has 0 aromatic rings. The molecule has 1 heteroatoms. The third-order valence-corrected chi connectivity index (χ3v) is 4.55. The van der Waals surface area contributed by atoms with Gasteiger partial charge in [0.2, 0.25) is 0 Å². The summed E-state index contributed by atoms with van der Waals surface area (Å²) < 4.78 is 0. The van der Waals surface area contributed by atoms with Gasteiger partial charge in [-0.3, -0.25) is 0 Å². The maximum absolute atomic E-state index is 6.45. The molecular weight excluding hydrogens is 170 g/mol. The van der Waals surface area contributed by atoms with E-state index in [0.717, 1.165) is 11.8 Å². The lowest BCUT2D eigenvalue weighted by Crippen LogP contribution is -2.49. The van der Waals surface area contributed by atoms with Crippen molar-refractivity contribution in [2.24, 2.45) is 17.6 Å². The lowest BCUT2D eigenvalue weighted by atomic mass is 9.65. The Labute approximate surface area is 88.4 Å². The van der Waals surface area contributed by atoms with E-state index in [9.17, 15) is 0 Å². The van der Waals surface area contributed by atoms with Crippen LogP contribution in [0.3, 0.4) is 0 Å². The summed E-state index contributed by atoms with van der Waals surface area (Å²) in [5.74, 6) is 1.79. The Bertz CT molecular complexity index is 180. The van der Waals surface area contributed by atoms with E-state index < -0.39 is 0 Å². The fourth-order valence-corrected chi connectivity index (χ4v) is 3.70. The van der Waals surface area contributed by atoms with Gasteiger partial charge in [0.25, 0.3) is 0 Å². The SMILES string of the molecule is CC1(N)CCCCC1C1CCCCC1. The molecule has 0 aromatic heterocycles.